The van der Waals surface area contributed by atoms with Crippen LogP contribution in [-0.2, 0) is 31.3 Å². The molecule has 6 atom stereocenters. The number of aryl methyl sites for hydroxylation is 1. The van der Waals surface area contributed by atoms with Crippen molar-refractivity contribution in [3.8, 4) is 5.75 Å². The van der Waals surface area contributed by atoms with Crippen LogP contribution in [0.15, 0.2) is 48.6 Å². The van der Waals surface area contributed by atoms with Crippen LogP contribution in [0, 0.1) is 17.8 Å². The lowest BCUT2D eigenvalue weighted by Crippen LogP contribution is -2.53. The summed E-state index contributed by atoms with van der Waals surface area (Å²) in [5, 5.41) is -0.0254. The number of piperazine rings is 1. The number of carbonyl (C=O) groups is 1. The molecular formula is C42H59ClN4O6S. The van der Waals surface area contributed by atoms with Gasteiger partial charge in [-0.3, -0.25) is 14.6 Å². The fourth-order valence-corrected chi connectivity index (χ4v) is 11.0. The Hall–Kier alpha value is -2.67. The molecule has 10 nitrogen and oxygen atoms in total. The predicted molar refractivity (Wildman–Crippen MR) is 214 cm³/mol. The van der Waals surface area contributed by atoms with E-state index in [0.717, 1.165) is 102 Å². The average molecular weight is 783 g/mol. The van der Waals surface area contributed by atoms with Gasteiger partial charge in [-0.1, -0.05) is 36.7 Å². The summed E-state index contributed by atoms with van der Waals surface area (Å²) in [5.41, 5.74) is 2.92. The van der Waals surface area contributed by atoms with Crippen molar-refractivity contribution in [3.63, 3.8) is 0 Å². The van der Waals surface area contributed by atoms with Gasteiger partial charge < -0.3 is 19.1 Å². The molecule has 0 aromatic heterocycles. The van der Waals surface area contributed by atoms with Crippen LogP contribution in [0.2, 0.25) is 5.02 Å². The molecule has 1 saturated heterocycles. The molecule has 1 amide bonds. The lowest BCUT2D eigenvalue weighted by atomic mass is 9.64. The molecule has 12 heteroatoms. The molecular weight excluding hydrogens is 724 g/mol. The number of methoxy groups -OCH3 is 1. The molecule has 2 aromatic carbocycles. The number of amides is 1. The highest BCUT2D eigenvalue weighted by Crippen LogP contribution is 2.49. The highest BCUT2D eigenvalue weighted by molar-refractivity contribution is 7.90. The van der Waals surface area contributed by atoms with Crippen molar-refractivity contribution in [2.24, 2.45) is 17.8 Å². The van der Waals surface area contributed by atoms with Gasteiger partial charge in [0.25, 0.3) is 5.91 Å². The highest BCUT2D eigenvalue weighted by atomic mass is 35.5. The van der Waals surface area contributed by atoms with E-state index in [1.165, 1.54) is 11.1 Å². The summed E-state index contributed by atoms with van der Waals surface area (Å²) < 4.78 is 48.5. The molecule has 1 spiro atoms. The smallest absolute Gasteiger partial charge is 0.264 e. The van der Waals surface area contributed by atoms with E-state index < -0.39 is 26.8 Å². The number of nitrogens with one attached hydrogen (secondary N) is 1. The lowest BCUT2D eigenvalue weighted by Gasteiger charge is -2.50. The Balaban J connectivity index is 1.19. The second kappa shape index (κ2) is 16.4. The van der Waals surface area contributed by atoms with Crippen molar-refractivity contribution in [2.45, 2.75) is 75.6 Å². The first kappa shape index (κ1) is 39.6. The Kier molecular flexibility index (Phi) is 12.0. The van der Waals surface area contributed by atoms with Crippen LogP contribution in [0.5, 0.6) is 5.75 Å². The number of rotatable bonds is 7. The zero-order chi connectivity index (χ0) is 38.1. The van der Waals surface area contributed by atoms with Gasteiger partial charge in [-0.25, -0.2) is 13.1 Å². The third-order valence-corrected chi connectivity index (χ3v) is 15.4. The maximum absolute atomic E-state index is 13.6. The summed E-state index contributed by atoms with van der Waals surface area (Å²) in [6.07, 6.45) is 10.0. The van der Waals surface area contributed by atoms with Gasteiger partial charge in [-0.15, -0.1) is 0 Å². The minimum Gasteiger partial charge on any atom is -0.490 e. The molecule has 1 saturated carbocycles. The van der Waals surface area contributed by atoms with E-state index in [0.29, 0.717) is 36.9 Å². The van der Waals surface area contributed by atoms with E-state index in [1.807, 2.05) is 25.1 Å². The molecule has 5 aliphatic rings. The molecule has 2 aromatic rings. The molecule has 1 N–H and O–H groups in total. The summed E-state index contributed by atoms with van der Waals surface area (Å²) in [6, 6.07) is 11.6. The largest absolute Gasteiger partial charge is 0.490 e. The third kappa shape index (κ3) is 8.37. The van der Waals surface area contributed by atoms with Crippen LogP contribution in [0.3, 0.4) is 0 Å². The first-order valence-corrected chi connectivity index (χ1v) is 21.9. The number of carbonyl (C=O) groups excluding carboxylic acids is 1. The van der Waals surface area contributed by atoms with E-state index in [9.17, 15) is 13.2 Å². The van der Waals surface area contributed by atoms with Crippen LogP contribution in [0.4, 0.5) is 5.69 Å². The van der Waals surface area contributed by atoms with Gasteiger partial charge in [0.15, 0.2) is 0 Å². The maximum Gasteiger partial charge on any atom is 0.264 e. The van der Waals surface area contributed by atoms with Gasteiger partial charge in [-0.2, -0.15) is 0 Å². The van der Waals surface area contributed by atoms with E-state index in [-0.39, 0.29) is 17.3 Å². The number of sulfonamides is 1. The van der Waals surface area contributed by atoms with Gasteiger partial charge in [0, 0.05) is 75.5 Å². The number of fused-ring (bicyclic) bond motifs is 4. The van der Waals surface area contributed by atoms with E-state index in [2.05, 4.69) is 50.6 Å². The molecule has 2 aliphatic carbocycles. The van der Waals surface area contributed by atoms with Gasteiger partial charge in [-0.05, 0) is 112 Å². The molecule has 3 heterocycles. The molecule has 7 rings (SSSR count). The molecule has 2 fully saturated rings. The quantitative estimate of drug-likeness (QED) is 0.343. The van der Waals surface area contributed by atoms with Crippen LogP contribution in [0.1, 0.15) is 74.4 Å². The highest BCUT2D eigenvalue weighted by Gasteiger charge is 2.47. The maximum atomic E-state index is 13.6. The normalized spacial score (nSPS) is 32.4. The minimum absolute atomic E-state index is 0.212. The summed E-state index contributed by atoms with van der Waals surface area (Å²) in [7, 11) is -2.19. The van der Waals surface area contributed by atoms with Crippen molar-refractivity contribution in [1.29, 1.82) is 0 Å². The average Bonchev–Trinajstić information content (AvgIpc) is 3.28. The number of nitrogens with zero attached hydrogens (tertiary/aromatic N) is 3. The van der Waals surface area contributed by atoms with Crippen molar-refractivity contribution < 1.29 is 27.4 Å². The molecule has 3 aliphatic heterocycles. The number of allylic oxidation sites excluding steroid dienone is 1. The first-order valence-electron chi connectivity index (χ1n) is 20.0. The number of anilines is 1. The monoisotopic (exact) mass is 782 g/mol. The molecule has 54 heavy (non-hydrogen) atoms. The number of hydrogen-bond acceptors (Lipinski definition) is 9. The molecule has 0 radical (unpaired) electrons. The van der Waals surface area contributed by atoms with Crippen LogP contribution < -0.4 is 14.4 Å². The third-order valence-electron chi connectivity index (χ3n) is 13.3. The summed E-state index contributed by atoms with van der Waals surface area (Å²) in [5.74, 6) is 0.511. The fourth-order valence-electron chi connectivity index (χ4n) is 9.51. The molecule has 296 valence electrons. The van der Waals surface area contributed by atoms with E-state index in [4.69, 9.17) is 25.8 Å². The van der Waals surface area contributed by atoms with Crippen molar-refractivity contribution in [2.75, 3.05) is 84.2 Å². The zero-order valence-electron chi connectivity index (χ0n) is 32.5. The first-order chi connectivity index (χ1) is 25.9. The van der Waals surface area contributed by atoms with Gasteiger partial charge in [0.05, 0.1) is 36.4 Å². The Morgan fingerprint density at radius 3 is 2.50 bits per heavy atom. The number of ether oxygens (including phenoxy) is 3. The van der Waals surface area contributed by atoms with Gasteiger partial charge >= 0.3 is 0 Å². The Morgan fingerprint density at radius 1 is 1.02 bits per heavy atom. The summed E-state index contributed by atoms with van der Waals surface area (Å²) in [4.78, 5) is 21.0. The standard InChI is InChI=1S/C42H59ClN4O6S/c1-30-7-5-15-41(3,53-24-22-46-19-17-45(18-20-46)21-23-51-4)36-12-9-34(36)27-47-28-42(16-6-8-32-25-35(43)11-13-37(32)42)29-52-39-14-10-33(26-38(39)47)40(48)44-54(49,50)31(30)2/h5,10-11,13-15,25-26,30-31,34,36H,6-9,12,16-24,27-29H2,1-4H3,(H,44,48)/b15-5+/t30-,31+,34-,36+,41-,42-/m0/s1. The second-order valence-electron chi connectivity index (χ2n) is 16.7. The van der Waals surface area contributed by atoms with Gasteiger partial charge in [0.2, 0.25) is 10.0 Å². The van der Waals surface area contributed by atoms with Crippen molar-refractivity contribution in [1.82, 2.24) is 14.5 Å². The van der Waals surface area contributed by atoms with Crippen LogP contribution in [0.25, 0.3) is 0 Å². The van der Waals surface area contributed by atoms with Crippen LogP contribution in [-0.4, -0.2) is 114 Å². The van der Waals surface area contributed by atoms with E-state index >= 15 is 0 Å². The van der Waals surface area contributed by atoms with Gasteiger partial charge in [0.1, 0.15) is 5.75 Å². The van der Waals surface area contributed by atoms with Crippen molar-refractivity contribution in [3.05, 3.63) is 70.3 Å². The SMILES string of the molecule is COCCN1CCN(CCO[C@@]2(C)/C=C/C[C@H](C)[C@@H](C)S(=O)(=O)NC(=O)c3ccc4c(c3)N(C[C@@H]3CC[C@H]32)C[C@@]2(CCCc3cc(Cl)ccc32)CO4)CC1. The number of benzene rings is 2. The second-order valence-corrected chi connectivity index (χ2v) is 19.2. The topological polar surface area (TPSA) is 101 Å². The van der Waals surface area contributed by atoms with E-state index in [1.54, 1.807) is 20.1 Å². The molecule has 0 unspecified atom stereocenters. The fraction of sp³-hybridized carbons (Fsp3) is 0.643. The number of hydrogen-bond donors (Lipinski definition) is 1. The lowest BCUT2D eigenvalue weighted by molar-refractivity contribution is -0.0917. The Morgan fingerprint density at radius 2 is 1.78 bits per heavy atom. The predicted octanol–water partition coefficient (Wildman–Crippen LogP) is 5.92. The Labute approximate surface area is 327 Å². The minimum atomic E-state index is -3.95. The molecule has 2 bridgehead atoms. The number of halogens is 1. The zero-order valence-corrected chi connectivity index (χ0v) is 34.1. The Bertz CT molecular complexity index is 1800. The summed E-state index contributed by atoms with van der Waals surface area (Å²) >= 11 is 6.50. The summed E-state index contributed by atoms with van der Waals surface area (Å²) in [6.45, 7) is 15.2. The van der Waals surface area contributed by atoms with Crippen molar-refractivity contribution >= 4 is 33.2 Å². The van der Waals surface area contributed by atoms with Crippen LogP contribution >= 0.6 is 11.6 Å².